The molecule has 4 heteroatoms. The summed E-state index contributed by atoms with van der Waals surface area (Å²) in [7, 11) is 1.61. The molecule has 1 rings (SSSR count). The number of halogens is 1. The number of nitrogens with two attached hydrogens (primary N) is 1. The zero-order chi connectivity index (χ0) is 13.0. The summed E-state index contributed by atoms with van der Waals surface area (Å²) in [5.74, 6) is 0.814. The molecular weight excluding hydrogens is 282 g/mol. The summed E-state index contributed by atoms with van der Waals surface area (Å²) < 4.78 is 6.00. The highest BCUT2D eigenvalue weighted by Crippen LogP contribution is 2.26. The molecule has 94 valence electrons. The highest BCUT2D eigenvalue weighted by Gasteiger charge is 2.17. The molecule has 2 N–H and O–H groups in total. The first-order chi connectivity index (χ1) is 7.95. The second-order valence-electron chi connectivity index (χ2n) is 4.26. The van der Waals surface area contributed by atoms with E-state index in [1.807, 2.05) is 32.0 Å². The van der Waals surface area contributed by atoms with Gasteiger partial charge in [0.05, 0.1) is 11.6 Å². The van der Waals surface area contributed by atoms with Gasteiger partial charge in [-0.1, -0.05) is 13.0 Å². The van der Waals surface area contributed by atoms with Gasteiger partial charge in [-0.05, 0) is 40.5 Å². The van der Waals surface area contributed by atoms with E-state index in [0.717, 1.165) is 15.8 Å². The average Bonchev–Trinajstić information content (AvgIpc) is 2.28. The van der Waals surface area contributed by atoms with E-state index in [9.17, 15) is 4.79 Å². The molecule has 0 spiro atoms. The lowest BCUT2D eigenvalue weighted by molar-refractivity contribution is -0.122. The zero-order valence-electron chi connectivity index (χ0n) is 10.4. The molecule has 0 aliphatic carbocycles. The van der Waals surface area contributed by atoms with Gasteiger partial charge in [-0.3, -0.25) is 4.79 Å². The van der Waals surface area contributed by atoms with Crippen LogP contribution in [0.4, 0.5) is 0 Å². The Bertz CT molecular complexity index is 404. The van der Waals surface area contributed by atoms with Gasteiger partial charge in [0.25, 0.3) is 0 Å². The van der Waals surface area contributed by atoms with E-state index in [-0.39, 0.29) is 17.7 Å². The number of carbonyl (C=O) groups is 1. The molecule has 0 heterocycles. The molecule has 0 amide bonds. The van der Waals surface area contributed by atoms with E-state index in [1.165, 1.54) is 0 Å². The van der Waals surface area contributed by atoms with Crippen LogP contribution in [-0.4, -0.2) is 18.9 Å². The molecule has 2 atom stereocenters. The minimum Gasteiger partial charge on any atom is -0.496 e. The molecule has 0 saturated heterocycles. The lowest BCUT2D eigenvalue weighted by Crippen LogP contribution is -2.31. The van der Waals surface area contributed by atoms with Crippen molar-refractivity contribution in [2.45, 2.75) is 26.3 Å². The topological polar surface area (TPSA) is 52.3 Å². The summed E-state index contributed by atoms with van der Waals surface area (Å²) in [6.07, 6.45) is 0.408. The summed E-state index contributed by atoms with van der Waals surface area (Å²) in [6.45, 7) is 3.72. The molecule has 1 aromatic carbocycles. The van der Waals surface area contributed by atoms with Crippen molar-refractivity contribution in [2.24, 2.45) is 11.7 Å². The Hall–Kier alpha value is -0.870. The van der Waals surface area contributed by atoms with Crippen molar-refractivity contribution in [1.29, 1.82) is 0 Å². The zero-order valence-corrected chi connectivity index (χ0v) is 12.0. The van der Waals surface area contributed by atoms with E-state index in [4.69, 9.17) is 10.5 Å². The minimum atomic E-state index is -0.115. The fourth-order valence-electron chi connectivity index (χ4n) is 1.48. The van der Waals surface area contributed by atoms with Gasteiger partial charge in [0, 0.05) is 18.4 Å². The van der Waals surface area contributed by atoms with E-state index >= 15 is 0 Å². The summed E-state index contributed by atoms with van der Waals surface area (Å²) >= 11 is 3.40. The number of hydrogen-bond acceptors (Lipinski definition) is 3. The standard InChI is InChI=1S/C13H18BrNO2/c1-8(9(2)15)12(16)7-10-4-5-13(17-3)11(14)6-10/h4-6,8-9H,7,15H2,1-3H3. The Morgan fingerprint density at radius 1 is 1.47 bits per heavy atom. The third-order valence-electron chi connectivity index (χ3n) is 2.89. The number of rotatable bonds is 5. The lowest BCUT2D eigenvalue weighted by atomic mass is 9.94. The number of benzene rings is 1. The van der Waals surface area contributed by atoms with Crippen molar-refractivity contribution < 1.29 is 9.53 Å². The molecule has 0 fully saturated rings. The summed E-state index contributed by atoms with van der Waals surface area (Å²) in [5, 5.41) is 0. The van der Waals surface area contributed by atoms with Crippen LogP contribution in [0.2, 0.25) is 0 Å². The molecule has 3 nitrogen and oxygen atoms in total. The van der Waals surface area contributed by atoms with Gasteiger partial charge in [0.15, 0.2) is 0 Å². The van der Waals surface area contributed by atoms with Gasteiger partial charge < -0.3 is 10.5 Å². The number of ketones is 1. The van der Waals surface area contributed by atoms with Crippen LogP contribution in [0.25, 0.3) is 0 Å². The van der Waals surface area contributed by atoms with Gasteiger partial charge >= 0.3 is 0 Å². The van der Waals surface area contributed by atoms with E-state index in [1.54, 1.807) is 7.11 Å². The van der Waals surface area contributed by atoms with E-state index in [2.05, 4.69) is 15.9 Å². The van der Waals surface area contributed by atoms with Crippen LogP contribution in [0.3, 0.4) is 0 Å². The highest BCUT2D eigenvalue weighted by atomic mass is 79.9. The van der Waals surface area contributed by atoms with Gasteiger partial charge in [0.1, 0.15) is 11.5 Å². The van der Waals surface area contributed by atoms with Crippen molar-refractivity contribution in [3.8, 4) is 5.75 Å². The lowest BCUT2D eigenvalue weighted by Gasteiger charge is -2.14. The maximum absolute atomic E-state index is 11.9. The van der Waals surface area contributed by atoms with Crippen LogP contribution in [0.15, 0.2) is 22.7 Å². The third-order valence-corrected chi connectivity index (χ3v) is 3.51. The predicted molar refractivity (Wildman–Crippen MR) is 72.2 cm³/mol. The molecule has 0 aliphatic heterocycles. The van der Waals surface area contributed by atoms with Crippen molar-refractivity contribution in [1.82, 2.24) is 0 Å². The Morgan fingerprint density at radius 2 is 2.12 bits per heavy atom. The first kappa shape index (κ1) is 14.2. The first-order valence-corrected chi connectivity index (χ1v) is 6.35. The van der Waals surface area contributed by atoms with Gasteiger partial charge in [-0.15, -0.1) is 0 Å². The molecule has 0 radical (unpaired) electrons. The average molecular weight is 300 g/mol. The maximum Gasteiger partial charge on any atom is 0.141 e. The molecule has 0 saturated carbocycles. The molecule has 2 unspecified atom stereocenters. The number of Topliss-reactive ketones (excluding diaryl/α,β-unsaturated/α-hetero) is 1. The van der Waals surface area contributed by atoms with Crippen LogP contribution >= 0.6 is 15.9 Å². The highest BCUT2D eigenvalue weighted by molar-refractivity contribution is 9.10. The molecule has 0 bridgehead atoms. The smallest absolute Gasteiger partial charge is 0.141 e. The largest absolute Gasteiger partial charge is 0.496 e. The van der Waals surface area contributed by atoms with Crippen molar-refractivity contribution in [3.63, 3.8) is 0 Å². The fourth-order valence-corrected chi connectivity index (χ4v) is 2.06. The van der Waals surface area contributed by atoms with Crippen LogP contribution in [0.1, 0.15) is 19.4 Å². The molecule has 17 heavy (non-hydrogen) atoms. The molecular formula is C13H18BrNO2. The minimum absolute atomic E-state index is 0.107. The van der Waals surface area contributed by atoms with Gasteiger partial charge in [0.2, 0.25) is 0 Å². The van der Waals surface area contributed by atoms with E-state index < -0.39 is 0 Å². The summed E-state index contributed by atoms with van der Waals surface area (Å²) in [4.78, 5) is 11.9. The van der Waals surface area contributed by atoms with Crippen molar-refractivity contribution >= 4 is 21.7 Å². The second-order valence-corrected chi connectivity index (χ2v) is 5.11. The number of ether oxygens (including phenoxy) is 1. The molecule has 0 aliphatic rings. The summed E-state index contributed by atoms with van der Waals surface area (Å²) in [6, 6.07) is 5.55. The number of carbonyl (C=O) groups excluding carboxylic acids is 1. The Labute approximate surface area is 110 Å². The predicted octanol–water partition coefficient (Wildman–Crippen LogP) is 2.55. The van der Waals surface area contributed by atoms with Gasteiger partial charge in [-0.25, -0.2) is 0 Å². The van der Waals surface area contributed by atoms with Crippen LogP contribution in [0.5, 0.6) is 5.75 Å². The Kier molecular flexibility index (Phi) is 5.15. The Balaban J connectivity index is 2.76. The third kappa shape index (κ3) is 3.82. The summed E-state index contributed by atoms with van der Waals surface area (Å²) in [5.41, 5.74) is 6.68. The maximum atomic E-state index is 11.9. The fraction of sp³-hybridized carbons (Fsp3) is 0.462. The van der Waals surface area contributed by atoms with Crippen molar-refractivity contribution in [2.75, 3.05) is 7.11 Å². The van der Waals surface area contributed by atoms with E-state index in [0.29, 0.717) is 6.42 Å². The van der Waals surface area contributed by atoms with Crippen LogP contribution in [-0.2, 0) is 11.2 Å². The molecule has 1 aromatic rings. The van der Waals surface area contributed by atoms with Crippen LogP contribution < -0.4 is 10.5 Å². The molecule has 0 aromatic heterocycles. The Morgan fingerprint density at radius 3 is 2.59 bits per heavy atom. The van der Waals surface area contributed by atoms with Gasteiger partial charge in [-0.2, -0.15) is 0 Å². The normalized spacial score (nSPS) is 14.2. The van der Waals surface area contributed by atoms with Crippen molar-refractivity contribution in [3.05, 3.63) is 28.2 Å². The second kappa shape index (κ2) is 6.17. The number of hydrogen-bond donors (Lipinski definition) is 1. The monoisotopic (exact) mass is 299 g/mol. The number of methoxy groups -OCH3 is 1. The first-order valence-electron chi connectivity index (χ1n) is 5.56. The quantitative estimate of drug-likeness (QED) is 0.909. The SMILES string of the molecule is COc1ccc(CC(=O)C(C)C(C)N)cc1Br. The van der Waals surface area contributed by atoms with Crippen LogP contribution in [0, 0.1) is 5.92 Å².